The summed E-state index contributed by atoms with van der Waals surface area (Å²) in [5.41, 5.74) is 5.31. The van der Waals surface area contributed by atoms with Crippen LogP contribution in [0.2, 0.25) is 0 Å². The van der Waals surface area contributed by atoms with Crippen molar-refractivity contribution >= 4 is 17.9 Å². The molecule has 8 nitrogen and oxygen atoms in total. The molecule has 0 fully saturated rings. The molecule has 0 aliphatic rings. The molecular formula is C8H14N6O2. The third-order valence-corrected chi connectivity index (χ3v) is 1.88. The molecule has 4 N–H and O–H groups in total. The third kappa shape index (κ3) is 2.94. The molecule has 0 saturated heterocycles. The second-order valence-corrected chi connectivity index (χ2v) is 3.11. The van der Waals surface area contributed by atoms with Crippen LogP contribution < -0.4 is 16.4 Å². The van der Waals surface area contributed by atoms with Crippen LogP contribution in [-0.2, 0) is 4.79 Å². The van der Waals surface area contributed by atoms with E-state index in [1.54, 1.807) is 13.8 Å². The van der Waals surface area contributed by atoms with E-state index in [9.17, 15) is 9.59 Å². The fourth-order valence-electron chi connectivity index (χ4n) is 1.02. The Morgan fingerprint density at radius 3 is 2.81 bits per heavy atom. The summed E-state index contributed by atoms with van der Waals surface area (Å²) < 4.78 is 1.28. The van der Waals surface area contributed by atoms with E-state index in [0.29, 0.717) is 6.54 Å². The number of hydrogen-bond donors (Lipinski definition) is 3. The second kappa shape index (κ2) is 5.10. The lowest BCUT2D eigenvalue weighted by Gasteiger charge is -2.11. The highest BCUT2D eigenvalue weighted by atomic mass is 16.2. The van der Waals surface area contributed by atoms with Gasteiger partial charge in [0, 0.05) is 6.54 Å². The highest BCUT2D eigenvalue weighted by Gasteiger charge is 2.18. The Kier molecular flexibility index (Phi) is 3.81. The van der Waals surface area contributed by atoms with Gasteiger partial charge in [0.1, 0.15) is 12.4 Å². The molecule has 1 rings (SSSR count). The van der Waals surface area contributed by atoms with Gasteiger partial charge in [-0.25, -0.2) is 14.5 Å². The molecule has 0 aliphatic heterocycles. The zero-order valence-corrected chi connectivity index (χ0v) is 9.10. The molecule has 0 aromatic carbocycles. The van der Waals surface area contributed by atoms with Crippen LogP contribution in [0.4, 0.5) is 10.7 Å². The van der Waals surface area contributed by atoms with E-state index in [0.717, 1.165) is 0 Å². The normalized spacial score (nSPS) is 11.9. The van der Waals surface area contributed by atoms with Crippen LogP contribution in [0.1, 0.15) is 19.9 Å². The predicted molar refractivity (Wildman–Crippen MR) is 56.4 cm³/mol. The lowest BCUT2D eigenvalue weighted by molar-refractivity contribution is -0.123. The van der Waals surface area contributed by atoms with E-state index >= 15 is 0 Å². The van der Waals surface area contributed by atoms with Crippen LogP contribution in [0, 0.1) is 0 Å². The van der Waals surface area contributed by atoms with Crippen LogP contribution in [-0.4, -0.2) is 33.2 Å². The number of nitrogens with zero attached hydrogens (tertiary/aromatic N) is 3. The van der Waals surface area contributed by atoms with Gasteiger partial charge in [-0.2, -0.15) is 0 Å². The summed E-state index contributed by atoms with van der Waals surface area (Å²) in [4.78, 5) is 26.3. The lowest BCUT2D eigenvalue weighted by atomic mass is 10.3. The molecule has 0 aliphatic carbocycles. The van der Waals surface area contributed by atoms with Crippen LogP contribution >= 0.6 is 0 Å². The number of nitrogen functional groups attached to an aromatic ring is 1. The molecule has 16 heavy (non-hydrogen) atoms. The molecule has 88 valence electrons. The second-order valence-electron chi connectivity index (χ2n) is 3.11. The first kappa shape index (κ1) is 12.0. The molecule has 1 aromatic heterocycles. The summed E-state index contributed by atoms with van der Waals surface area (Å²) in [6.45, 7) is 3.79. The monoisotopic (exact) mass is 226 g/mol. The Morgan fingerprint density at radius 1 is 1.62 bits per heavy atom. The predicted octanol–water partition coefficient (Wildman–Crippen LogP) is -0.733. The van der Waals surface area contributed by atoms with E-state index in [1.807, 2.05) is 0 Å². The molecular weight excluding hydrogens is 212 g/mol. The van der Waals surface area contributed by atoms with Gasteiger partial charge >= 0.3 is 6.03 Å². The number of rotatable bonds is 3. The molecule has 3 amide bonds. The highest BCUT2D eigenvalue weighted by Crippen LogP contribution is 2.03. The Labute approximate surface area is 92.2 Å². The third-order valence-electron chi connectivity index (χ3n) is 1.88. The van der Waals surface area contributed by atoms with E-state index in [-0.39, 0.29) is 5.95 Å². The number of nitrogens with one attached hydrogen (secondary N) is 2. The first-order chi connectivity index (χ1) is 7.54. The Morgan fingerprint density at radius 2 is 2.31 bits per heavy atom. The standard InChI is InChI=1S/C8H14N6O2/c1-3-10-8(16)12-6(15)5(2)14-4-11-7(9)13-14/h4-5H,3H2,1-2H3,(H2,9,13)(H2,10,12,15,16). The van der Waals surface area contributed by atoms with Crippen molar-refractivity contribution in [1.29, 1.82) is 0 Å². The van der Waals surface area contributed by atoms with Crippen molar-refractivity contribution in [3.63, 3.8) is 0 Å². The summed E-state index contributed by atoms with van der Waals surface area (Å²) >= 11 is 0. The van der Waals surface area contributed by atoms with Gasteiger partial charge in [-0.3, -0.25) is 10.1 Å². The molecule has 1 aromatic rings. The topological polar surface area (TPSA) is 115 Å². The molecule has 1 unspecified atom stereocenters. The molecule has 0 spiro atoms. The first-order valence-electron chi connectivity index (χ1n) is 4.80. The number of imide groups is 1. The lowest BCUT2D eigenvalue weighted by Crippen LogP contribution is -2.42. The molecule has 0 bridgehead atoms. The van der Waals surface area contributed by atoms with Gasteiger partial charge in [0.25, 0.3) is 5.91 Å². The molecule has 1 heterocycles. The average molecular weight is 226 g/mol. The van der Waals surface area contributed by atoms with Crippen molar-refractivity contribution < 1.29 is 9.59 Å². The van der Waals surface area contributed by atoms with Gasteiger partial charge in [-0.1, -0.05) is 0 Å². The van der Waals surface area contributed by atoms with Gasteiger partial charge < -0.3 is 11.1 Å². The summed E-state index contributed by atoms with van der Waals surface area (Å²) in [6, 6.07) is -1.18. The van der Waals surface area contributed by atoms with Crippen LogP contribution in [0.15, 0.2) is 6.33 Å². The van der Waals surface area contributed by atoms with Crippen molar-refractivity contribution in [3.8, 4) is 0 Å². The summed E-state index contributed by atoms with van der Waals surface area (Å²) in [5.74, 6) is -0.395. The maximum atomic E-state index is 11.5. The molecule has 1 atom stereocenters. The van der Waals surface area contributed by atoms with E-state index < -0.39 is 18.0 Å². The van der Waals surface area contributed by atoms with Crippen molar-refractivity contribution in [2.75, 3.05) is 12.3 Å². The molecule has 0 radical (unpaired) electrons. The van der Waals surface area contributed by atoms with Gasteiger partial charge in [-0.15, -0.1) is 5.10 Å². The fraction of sp³-hybridized carbons (Fsp3) is 0.500. The van der Waals surface area contributed by atoms with Crippen LogP contribution in [0.5, 0.6) is 0 Å². The molecule has 0 saturated carbocycles. The van der Waals surface area contributed by atoms with Crippen molar-refractivity contribution in [2.24, 2.45) is 0 Å². The number of carbonyl (C=O) groups excluding carboxylic acids is 2. The number of carbonyl (C=O) groups is 2. The number of anilines is 1. The molecule has 8 heteroatoms. The highest BCUT2D eigenvalue weighted by molar-refractivity contribution is 5.95. The maximum absolute atomic E-state index is 11.5. The first-order valence-corrected chi connectivity index (χ1v) is 4.80. The van der Waals surface area contributed by atoms with Gasteiger partial charge in [0.15, 0.2) is 0 Å². The number of hydrogen-bond acceptors (Lipinski definition) is 5. The summed E-state index contributed by atoms with van der Waals surface area (Å²) in [7, 11) is 0. The summed E-state index contributed by atoms with van der Waals surface area (Å²) in [5, 5.41) is 8.39. The maximum Gasteiger partial charge on any atom is 0.321 e. The van der Waals surface area contributed by atoms with E-state index in [4.69, 9.17) is 5.73 Å². The van der Waals surface area contributed by atoms with E-state index in [1.165, 1.54) is 11.0 Å². The largest absolute Gasteiger partial charge is 0.367 e. The van der Waals surface area contributed by atoms with E-state index in [2.05, 4.69) is 20.7 Å². The Balaban J connectivity index is 2.57. The quantitative estimate of drug-likeness (QED) is 0.628. The number of urea groups is 1. The van der Waals surface area contributed by atoms with Gasteiger partial charge in [0.05, 0.1) is 0 Å². The number of aromatic nitrogens is 3. The summed E-state index contributed by atoms with van der Waals surface area (Å²) in [6.07, 6.45) is 1.33. The van der Waals surface area contributed by atoms with Gasteiger partial charge in [0.2, 0.25) is 5.95 Å². The minimum absolute atomic E-state index is 0.0812. The van der Waals surface area contributed by atoms with Crippen LogP contribution in [0.25, 0.3) is 0 Å². The number of amides is 3. The number of nitrogens with two attached hydrogens (primary N) is 1. The zero-order valence-electron chi connectivity index (χ0n) is 9.10. The smallest absolute Gasteiger partial charge is 0.321 e. The average Bonchev–Trinajstić information content (AvgIpc) is 2.64. The Hall–Kier alpha value is -2.12. The van der Waals surface area contributed by atoms with Gasteiger partial charge in [-0.05, 0) is 13.8 Å². The van der Waals surface area contributed by atoms with Crippen LogP contribution in [0.3, 0.4) is 0 Å². The minimum Gasteiger partial charge on any atom is -0.367 e. The van der Waals surface area contributed by atoms with Crippen molar-refractivity contribution in [3.05, 3.63) is 6.33 Å². The van der Waals surface area contributed by atoms with Crippen molar-refractivity contribution in [1.82, 2.24) is 25.4 Å². The SMILES string of the molecule is CCNC(=O)NC(=O)C(C)n1cnc(N)n1. The van der Waals surface area contributed by atoms with Crippen molar-refractivity contribution in [2.45, 2.75) is 19.9 Å². The zero-order chi connectivity index (χ0) is 12.1. The minimum atomic E-state index is -0.646. The Bertz CT molecular complexity index is 388. The fourth-order valence-corrected chi connectivity index (χ4v) is 1.02.